The summed E-state index contributed by atoms with van der Waals surface area (Å²) in [6, 6.07) is 9.57. The molecule has 0 spiro atoms. The maximum atomic E-state index is 14.4. The van der Waals surface area contributed by atoms with Gasteiger partial charge < -0.3 is 20.5 Å². The summed E-state index contributed by atoms with van der Waals surface area (Å²) in [6.07, 6.45) is 0.379. The lowest BCUT2D eigenvalue weighted by atomic mass is 9.91. The van der Waals surface area contributed by atoms with Crippen LogP contribution in [-0.4, -0.2) is 60.3 Å². The first-order valence-electron chi connectivity index (χ1n) is 11.7. The van der Waals surface area contributed by atoms with Crippen LogP contribution in [0.25, 0.3) is 11.3 Å². The third kappa shape index (κ3) is 5.13. The summed E-state index contributed by atoms with van der Waals surface area (Å²) in [5.74, 6) is 0.731. The smallest absolute Gasteiger partial charge is 0.220 e. The maximum absolute atomic E-state index is 14.4. The van der Waals surface area contributed by atoms with E-state index < -0.39 is 6.04 Å². The molecule has 1 saturated heterocycles. The first kappa shape index (κ1) is 24.0. The summed E-state index contributed by atoms with van der Waals surface area (Å²) in [6.45, 7) is 4.35. The van der Waals surface area contributed by atoms with E-state index in [-0.39, 0.29) is 17.9 Å². The van der Waals surface area contributed by atoms with Crippen molar-refractivity contribution in [2.24, 2.45) is 4.99 Å². The molecule has 10 nitrogen and oxygen atoms in total. The number of nitrogens with two attached hydrogens (primary N) is 1. The van der Waals surface area contributed by atoms with Crippen LogP contribution in [0, 0.1) is 12.7 Å². The average molecular weight is 494 g/mol. The Bertz CT molecular complexity index is 1280. The Morgan fingerprint density at radius 3 is 2.92 bits per heavy atom. The Labute approximate surface area is 208 Å². The highest BCUT2D eigenvalue weighted by molar-refractivity contribution is 6.01. The second-order valence-electron chi connectivity index (χ2n) is 8.59. The molecule has 2 aliphatic heterocycles. The van der Waals surface area contributed by atoms with E-state index in [9.17, 15) is 4.39 Å². The van der Waals surface area contributed by atoms with Crippen molar-refractivity contribution in [2.75, 3.05) is 39.1 Å². The number of fused-ring (bicyclic) bond motifs is 1. The first-order chi connectivity index (χ1) is 17.5. The molecule has 1 aromatic carbocycles. The van der Waals surface area contributed by atoms with Gasteiger partial charge in [-0.2, -0.15) is 0 Å². The zero-order valence-corrected chi connectivity index (χ0v) is 20.1. The molecule has 36 heavy (non-hydrogen) atoms. The van der Waals surface area contributed by atoms with Crippen molar-refractivity contribution in [3.8, 4) is 17.1 Å². The molecule has 5 rings (SSSR count). The number of aryl methyl sites for hydroxylation is 1. The van der Waals surface area contributed by atoms with Crippen molar-refractivity contribution in [2.45, 2.75) is 25.5 Å². The Morgan fingerprint density at radius 2 is 2.11 bits per heavy atom. The van der Waals surface area contributed by atoms with Gasteiger partial charge in [0.05, 0.1) is 48.5 Å². The number of methoxy groups -OCH3 is 1. The fourth-order valence-electron chi connectivity index (χ4n) is 4.47. The van der Waals surface area contributed by atoms with Gasteiger partial charge in [0.25, 0.3) is 0 Å². The second kappa shape index (κ2) is 10.5. The predicted molar refractivity (Wildman–Crippen MR) is 132 cm³/mol. The number of ether oxygens (including phenoxy) is 2. The van der Waals surface area contributed by atoms with Gasteiger partial charge in [0.15, 0.2) is 5.84 Å². The van der Waals surface area contributed by atoms with E-state index in [1.54, 1.807) is 19.2 Å². The molecule has 0 radical (unpaired) electrons. The van der Waals surface area contributed by atoms with Gasteiger partial charge in [-0.3, -0.25) is 9.83 Å². The number of hydrogen-bond acceptors (Lipinski definition) is 10. The highest BCUT2D eigenvalue weighted by Crippen LogP contribution is 2.36. The Kier molecular flexibility index (Phi) is 7.03. The number of pyridine rings is 1. The number of benzene rings is 1. The van der Waals surface area contributed by atoms with E-state index >= 15 is 0 Å². The largest absolute Gasteiger partial charge is 0.481 e. The van der Waals surface area contributed by atoms with Crippen molar-refractivity contribution in [1.82, 2.24) is 25.7 Å². The number of nitrogens with one attached hydrogen (secondary N) is 2. The molecule has 0 saturated carbocycles. The Morgan fingerprint density at radius 1 is 1.22 bits per heavy atom. The summed E-state index contributed by atoms with van der Waals surface area (Å²) < 4.78 is 25.3. The molecule has 0 bridgehead atoms. The molecule has 0 unspecified atom stereocenters. The predicted octanol–water partition coefficient (Wildman–Crippen LogP) is 2.13. The molecule has 2 atom stereocenters. The van der Waals surface area contributed by atoms with Crippen LogP contribution in [0.2, 0.25) is 0 Å². The third-order valence-electron chi connectivity index (χ3n) is 6.12. The molecule has 0 aliphatic carbocycles. The Hall–Kier alpha value is -3.67. The average Bonchev–Trinajstić information content (AvgIpc) is 2.88. The van der Waals surface area contributed by atoms with E-state index in [0.29, 0.717) is 54.8 Å². The number of rotatable bonds is 6. The third-order valence-corrected chi connectivity index (χ3v) is 6.12. The lowest BCUT2D eigenvalue weighted by Gasteiger charge is -2.27. The molecule has 0 amide bonds. The summed E-state index contributed by atoms with van der Waals surface area (Å²) >= 11 is 0. The lowest BCUT2D eigenvalue weighted by molar-refractivity contribution is -0.0470. The SMILES string of the molecule is COc1cccc(-c2cc(F)ccc2[C@@H]2Cc3nc(N)nc(C)c3C(NOC[C@H]3CNCCO3)=N2)n1. The van der Waals surface area contributed by atoms with Crippen molar-refractivity contribution in [1.29, 1.82) is 0 Å². The molecular weight excluding hydrogens is 465 g/mol. The van der Waals surface area contributed by atoms with Crippen molar-refractivity contribution in [3.05, 3.63) is 64.7 Å². The van der Waals surface area contributed by atoms with Gasteiger partial charge in [-0.25, -0.2) is 24.8 Å². The molecule has 2 aromatic heterocycles. The number of hydrogen-bond donors (Lipinski definition) is 3. The van der Waals surface area contributed by atoms with Crippen LogP contribution < -0.4 is 21.3 Å². The monoisotopic (exact) mass is 493 g/mol. The number of nitrogens with zero attached hydrogens (tertiary/aromatic N) is 4. The summed E-state index contributed by atoms with van der Waals surface area (Å²) in [4.78, 5) is 24.0. The van der Waals surface area contributed by atoms with Gasteiger partial charge in [0.1, 0.15) is 12.4 Å². The number of halogens is 1. The van der Waals surface area contributed by atoms with Crippen LogP contribution in [0.3, 0.4) is 0 Å². The first-order valence-corrected chi connectivity index (χ1v) is 11.7. The van der Waals surface area contributed by atoms with Crippen LogP contribution in [0.1, 0.15) is 28.6 Å². The number of amidine groups is 1. The van der Waals surface area contributed by atoms with E-state index in [1.807, 2.05) is 19.1 Å². The second-order valence-corrected chi connectivity index (χ2v) is 8.59. The number of aromatic nitrogens is 3. The summed E-state index contributed by atoms with van der Waals surface area (Å²) in [7, 11) is 1.54. The molecule has 3 aromatic rings. The van der Waals surface area contributed by atoms with Gasteiger partial charge in [-0.15, -0.1) is 0 Å². The van der Waals surface area contributed by atoms with Crippen LogP contribution in [0.15, 0.2) is 41.4 Å². The number of morpholine rings is 1. The standard InChI is InChI=1S/C25H28FN7O3/c1-14-23-21(32-25(27)29-14)11-20(31-24(23)33-36-13-16-12-28-8-9-35-16)17-7-6-15(26)10-18(17)19-4-3-5-22(30-19)34-2/h3-7,10,16,20,28H,8-9,11-13H2,1-2H3,(H,31,33)(H2,27,29,32)/t16-,20+/m1/s1. The van der Waals surface area contributed by atoms with Gasteiger partial charge in [-0.05, 0) is 30.7 Å². The van der Waals surface area contributed by atoms with Crippen LogP contribution >= 0.6 is 0 Å². The minimum absolute atomic E-state index is 0.0719. The number of anilines is 1. The molecule has 4 heterocycles. The molecule has 4 N–H and O–H groups in total. The molecule has 2 aliphatic rings. The van der Waals surface area contributed by atoms with Gasteiger partial charge in [-0.1, -0.05) is 12.1 Å². The van der Waals surface area contributed by atoms with Gasteiger partial charge in [0, 0.05) is 31.1 Å². The molecule has 1 fully saturated rings. The van der Waals surface area contributed by atoms with E-state index in [4.69, 9.17) is 25.0 Å². The highest BCUT2D eigenvalue weighted by Gasteiger charge is 2.29. The normalized spacial score (nSPS) is 19.4. The Balaban J connectivity index is 1.50. The molecule has 11 heteroatoms. The van der Waals surface area contributed by atoms with Crippen molar-refractivity contribution < 1.29 is 18.7 Å². The van der Waals surface area contributed by atoms with E-state index in [1.165, 1.54) is 12.1 Å². The quantitative estimate of drug-likeness (QED) is 0.442. The molecule has 188 valence electrons. The van der Waals surface area contributed by atoms with Crippen LogP contribution in [-0.2, 0) is 16.0 Å². The minimum atomic E-state index is -0.395. The minimum Gasteiger partial charge on any atom is -0.481 e. The van der Waals surface area contributed by atoms with Crippen LogP contribution in [0.4, 0.5) is 10.3 Å². The van der Waals surface area contributed by atoms with E-state index in [2.05, 4.69) is 25.7 Å². The summed E-state index contributed by atoms with van der Waals surface area (Å²) in [5.41, 5.74) is 13.1. The number of hydroxylamine groups is 1. The fourth-order valence-corrected chi connectivity index (χ4v) is 4.47. The zero-order chi connectivity index (χ0) is 25.1. The molecular formula is C25H28FN7O3. The number of aliphatic imine (C=N–C) groups is 1. The van der Waals surface area contributed by atoms with Gasteiger partial charge in [0.2, 0.25) is 11.8 Å². The lowest BCUT2D eigenvalue weighted by Crippen LogP contribution is -2.43. The fraction of sp³-hybridized carbons (Fsp3) is 0.360. The summed E-state index contributed by atoms with van der Waals surface area (Å²) in [5, 5.41) is 3.27. The van der Waals surface area contributed by atoms with Gasteiger partial charge >= 0.3 is 0 Å². The topological polar surface area (TPSA) is 129 Å². The zero-order valence-electron chi connectivity index (χ0n) is 20.1. The van der Waals surface area contributed by atoms with Crippen molar-refractivity contribution >= 4 is 11.8 Å². The van der Waals surface area contributed by atoms with Crippen molar-refractivity contribution in [3.63, 3.8) is 0 Å². The van der Waals surface area contributed by atoms with Crippen LogP contribution in [0.5, 0.6) is 5.88 Å². The maximum Gasteiger partial charge on any atom is 0.220 e. The highest BCUT2D eigenvalue weighted by atomic mass is 19.1. The van der Waals surface area contributed by atoms with E-state index in [0.717, 1.165) is 23.4 Å². The number of nitrogen functional groups attached to an aromatic ring is 1.